The average Bonchev–Trinajstić information content (AvgIpc) is 1.65. The Morgan fingerprint density at radius 3 is 2.43 bits per heavy atom. The zero-order valence-electron chi connectivity index (χ0n) is 3.66. The Labute approximate surface area is 46.9 Å². The highest BCUT2D eigenvalue weighted by Crippen LogP contribution is 1.80. The van der Waals surface area contributed by atoms with Gasteiger partial charge in [0.15, 0.2) is 0 Å². The fourth-order valence-electron chi connectivity index (χ4n) is 0.0781. The fraction of sp³-hybridized carbons (Fsp3) is 0.667. The maximum absolute atomic E-state index is 9.76. The minimum absolute atomic E-state index is 0.190. The third-order valence-corrected chi connectivity index (χ3v) is 0.907. The second-order valence-corrected chi connectivity index (χ2v) is 1.49. The van der Waals surface area contributed by atoms with E-state index in [1.807, 2.05) is 0 Å². The number of nitrogens with two attached hydrogens (primary N) is 1. The summed E-state index contributed by atoms with van der Waals surface area (Å²) in [4.78, 5) is 9.76. The van der Waals surface area contributed by atoms with Crippen LogP contribution in [0.15, 0.2) is 0 Å². The van der Waals surface area contributed by atoms with Crippen LogP contribution in [0.25, 0.3) is 0 Å². The number of thiol groups is 1. The van der Waals surface area contributed by atoms with Crippen LogP contribution < -0.4 is 5.73 Å². The minimum Gasteiger partial charge on any atom is -0.480 e. The van der Waals surface area contributed by atoms with Gasteiger partial charge in [-0.05, 0) is 0 Å². The molecule has 42 valence electrons. The van der Waals surface area contributed by atoms with Crippen LogP contribution in [0.4, 0.5) is 0 Å². The molecular formula is C3H7NO2S. The normalized spacial score (nSPS) is 13.4. The van der Waals surface area contributed by atoms with Crippen LogP contribution in [0.1, 0.15) is 0 Å². The predicted octanol–water partition coefficient (Wildman–Crippen LogP) is -0.672. The van der Waals surface area contributed by atoms with Gasteiger partial charge in [0, 0.05) is 5.75 Å². The first kappa shape index (κ1) is 6.78. The molecule has 0 aromatic heterocycles. The van der Waals surface area contributed by atoms with Crippen molar-refractivity contribution in [2.45, 2.75) is 6.04 Å². The van der Waals surface area contributed by atoms with Crippen LogP contribution >= 0.6 is 12.6 Å². The summed E-state index contributed by atoms with van der Waals surface area (Å²) >= 11 is 3.65. The molecule has 0 radical (unpaired) electrons. The van der Waals surface area contributed by atoms with E-state index in [9.17, 15) is 4.79 Å². The van der Waals surface area contributed by atoms with Crippen molar-refractivity contribution in [1.29, 1.82) is 0 Å². The van der Waals surface area contributed by atoms with Gasteiger partial charge in [0.25, 0.3) is 0 Å². The Morgan fingerprint density at radius 1 is 2.00 bits per heavy atom. The molecule has 0 bridgehead atoms. The summed E-state index contributed by atoms with van der Waals surface area (Å²) in [6.07, 6.45) is 0. The summed E-state index contributed by atoms with van der Waals surface area (Å²) < 4.78 is 0. The highest BCUT2D eigenvalue weighted by atomic mass is 36.0. The molecule has 3 nitrogen and oxygen atoms in total. The highest BCUT2D eigenvalue weighted by molar-refractivity contribution is 7.80. The molecular weight excluding hydrogens is 118 g/mol. The molecule has 3 N–H and O–H groups in total. The van der Waals surface area contributed by atoms with Gasteiger partial charge in [-0.1, -0.05) is 0 Å². The zero-order chi connectivity index (χ0) is 5.86. The van der Waals surface area contributed by atoms with Gasteiger partial charge in [-0.2, -0.15) is 12.6 Å². The van der Waals surface area contributed by atoms with E-state index in [2.05, 4.69) is 12.6 Å². The van der Waals surface area contributed by atoms with Gasteiger partial charge in [-0.25, -0.2) is 0 Å². The molecule has 0 aromatic rings. The van der Waals surface area contributed by atoms with E-state index in [4.69, 9.17) is 10.8 Å². The van der Waals surface area contributed by atoms with Crippen LogP contribution in [0.2, 0.25) is 0 Å². The smallest absolute Gasteiger partial charge is 0.321 e. The molecule has 0 saturated carbocycles. The first-order valence-corrected chi connectivity index (χ1v) is 2.41. The molecule has 0 saturated heterocycles. The first-order valence-electron chi connectivity index (χ1n) is 1.77. The minimum atomic E-state index is -1.00. The Balaban J connectivity index is 3.34. The third kappa shape index (κ3) is 2.47. The Hall–Kier alpha value is -0.220. The summed E-state index contributed by atoms with van der Waals surface area (Å²) in [7, 11) is 0. The summed E-state index contributed by atoms with van der Waals surface area (Å²) in [5.41, 5.74) is 4.94. The van der Waals surface area contributed by atoms with E-state index in [1.165, 1.54) is 0 Å². The molecule has 0 aliphatic rings. The standard InChI is InChI=1S/C3H7NO2S/c4-2(1-7)3(5)6/h2,7H,1,4H2,(H,5,6)/t2-/m0/s1/i7+4. The lowest BCUT2D eigenvalue weighted by Gasteiger charge is -1.96. The zero-order valence-corrected chi connectivity index (χ0v) is 4.56. The lowest BCUT2D eigenvalue weighted by Crippen LogP contribution is -2.31. The predicted molar refractivity (Wildman–Crippen MR) is 29.5 cm³/mol. The molecule has 0 amide bonds. The van der Waals surface area contributed by atoms with Gasteiger partial charge in [0.2, 0.25) is 0 Å². The number of rotatable bonds is 2. The number of aliphatic carboxylic acids is 1. The van der Waals surface area contributed by atoms with Gasteiger partial charge in [0.1, 0.15) is 6.04 Å². The quantitative estimate of drug-likeness (QED) is 0.429. The summed E-state index contributed by atoms with van der Waals surface area (Å²) in [5.74, 6) is -0.815. The Bertz CT molecular complexity index is 75.3. The van der Waals surface area contributed by atoms with E-state index < -0.39 is 12.0 Å². The number of carboxylic acids is 1. The number of hydrogen-bond donors (Lipinski definition) is 3. The summed E-state index contributed by atoms with van der Waals surface area (Å²) in [6.45, 7) is 0. The second kappa shape index (κ2) is 2.87. The van der Waals surface area contributed by atoms with Crippen LogP contribution in [-0.2, 0) is 4.79 Å². The van der Waals surface area contributed by atoms with Crippen molar-refractivity contribution in [3.05, 3.63) is 0 Å². The van der Waals surface area contributed by atoms with E-state index in [0.717, 1.165) is 0 Å². The van der Waals surface area contributed by atoms with Crippen molar-refractivity contribution in [1.82, 2.24) is 0 Å². The second-order valence-electron chi connectivity index (χ2n) is 1.13. The van der Waals surface area contributed by atoms with Gasteiger partial charge in [0.05, 0.1) is 0 Å². The Morgan fingerprint density at radius 2 is 2.43 bits per heavy atom. The maximum Gasteiger partial charge on any atom is 0.321 e. The average molecular weight is 125 g/mol. The van der Waals surface area contributed by atoms with Crippen LogP contribution in [0, 0.1) is 0 Å². The van der Waals surface area contributed by atoms with Crippen LogP contribution in [-0.4, -0.2) is 22.9 Å². The van der Waals surface area contributed by atoms with Gasteiger partial charge < -0.3 is 10.8 Å². The molecule has 0 aliphatic heterocycles. The number of carboxylic acid groups (broad SMARTS) is 1. The van der Waals surface area contributed by atoms with Gasteiger partial charge >= 0.3 is 5.97 Å². The Kier molecular flexibility index (Phi) is 2.78. The molecule has 4 heteroatoms. The van der Waals surface area contributed by atoms with Crippen LogP contribution in [0.5, 0.6) is 0 Å². The van der Waals surface area contributed by atoms with E-state index in [1.54, 1.807) is 0 Å². The van der Waals surface area contributed by atoms with Crippen LogP contribution in [0.3, 0.4) is 0 Å². The molecule has 0 heterocycles. The monoisotopic (exact) mass is 125 g/mol. The summed E-state index contributed by atoms with van der Waals surface area (Å²) in [5, 5.41) is 8.01. The van der Waals surface area contributed by atoms with Gasteiger partial charge in [-0.15, -0.1) is 0 Å². The van der Waals surface area contributed by atoms with E-state index in [0.29, 0.717) is 0 Å². The van der Waals surface area contributed by atoms with E-state index in [-0.39, 0.29) is 5.75 Å². The summed E-state index contributed by atoms with van der Waals surface area (Å²) in [6, 6.07) is -0.816. The van der Waals surface area contributed by atoms with Crippen molar-refractivity contribution in [3.8, 4) is 0 Å². The van der Waals surface area contributed by atoms with Crippen molar-refractivity contribution >= 4 is 18.6 Å². The lowest BCUT2D eigenvalue weighted by molar-refractivity contribution is -0.137. The topological polar surface area (TPSA) is 63.3 Å². The highest BCUT2D eigenvalue weighted by Gasteiger charge is 2.06. The van der Waals surface area contributed by atoms with E-state index >= 15 is 0 Å². The molecule has 0 fully saturated rings. The SMILES string of the molecule is N[C@@H](C[36SH])C(=O)O. The van der Waals surface area contributed by atoms with Crippen molar-refractivity contribution < 1.29 is 9.90 Å². The van der Waals surface area contributed by atoms with Crippen molar-refractivity contribution in [3.63, 3.8) is 0 Å². The molecule has 7 heavy (non-hydrogen) atoms. The largest absolute Gasteiger partial charge is 0.480 e. The number of carbonyl (C=O) groups is 1. The maximum atomic E-state index is 9.76. The fourth-order valence-corrected chi connectivity index (χ4v) is 0.234. The molecule has 0 rings (SSSR count). The number of hydrogen-bond acceptors (Lipinski definition) is 3. The van der Waals surface area contributed by atoms with Gasteiger partial charge in [-0.3, -0.25) is 4.79 Å². The lowest BCUT2D eigenvalue weighted by atomic mass is 10.4. The molecule has 0 aromatic carbocycles. The molecule has 0 unspecified atom stereocenters. The molecule has 0 spiro atoms. The van der Waals surface area contributed by atoms with Crippen molar-refractivity contribution in [2.24, 2.45) is 5.73 Å². The first-order chi connectivity index (χ1) is 3.18. The van der Waals surface area contributed by atoms with Crippen molar-refractivity contribution in [2.75, 3.05) is 5.75 Å². The third-order valence-electron chi connectivity index (χ3n) is 0.514. The molecule has 1 atom stereocenters. The molecule has 0 aliphatic carbocycles.